The third-order valence-corrected chi connectivity index (χ3v) is 3.34. The van der Waals surface area contributed by atoms with Gasteiger partial charge in [-0.05, 0) is 36.6 Å². The van der Waals surface area contributed by atoms with Crippen molar-refractivity contribution in [1.82, 2.24) is 0 Å². The van der Waals surface area contributed by atoms with Gasteiger partial charge in [-0.25, -0.2) is 0 Å². The van der Waals surface area contributed by atoms with E-state index in [1.165, 1.54) is 0 Å². The first kappa shape index (κ1) is 14.3. The van der Waals surface area contributed by atoms with Gasteiger partial charge >= 0.3 is 0 Å². The van der Waals surface area contributed by atoms with Crippen LogP contribution in [0.3, 0.4) is 0 Å². The largest absolute Gasteiger partial charge is 0.325 e. The van der Waals surface area contributed by atoms with E-state index in [0.29, 0.717) is 6.42 Å². The van der Waals surface area contributed by atoms with Gasteiger partial charge in [-0.15, -0.1) is 0 Å². The van der Waals surface area contributed by atoms with Crippen LogP contribution in [0.1, 0.15) is 29.7 Å². The summed E-state index contributed by atoms with van der Waals surface area (Å²) in [7, 11) is 0. The van der Waals surface area contributed by atoms with Gasteiger partial charge in [-0.3, -0.25) is 4.79 Å². The summed E-state index contributed by atoms with van der Waals surface area (Å²) in [4.78, 5) is 12.2. The summed E-state index contributed by atoms with van der Waals surface area (Å²) < 4.78 is 0. The van der Waals surface area contributed by atoms with E-state index in [2.05, 4.69) is 5.32 Å². The zero-order valence-corrected chi connectivity index (χ0v) is 11.9. The number of carbonyl (C=O) groups excluding carboxylic acids is 1. The molecule has 20 heavy (non-hydrogen) atoms. The van der Waals surface area contributed by atoms with Crippen LogP contribution in [0.15, 0.2) is 48.5 Å². The molecule has 2 aromatic carbocycles. The number of rotatable bonds is 4. The smallest absolute Gasteiger partial charge is 0.228 e. The molecule has 0 aliphatic heterocycles. The second kappa shape index (κ2) is 6.35. The van der Waals surface area contributed by atoms with Crippen LogP contribution in [0.25, 0.3) is 0 Å². The van der Waals surface area contributed by atoms with Gasteiger partial charge in [0.15, 0.2) is 0 Å². The molecule has 0 aliphatic rings. The fourth-order valence-electron chi connectivity index (χ4n) is 2.18. The van der Waals surface area contributed by atoms with Crippen LogP contribution >= 0.6 is 0 Å². The molecule has 1 unspecified atom stereocenters. The molecule has 1 atom stereocenters. The van der Waals surface area contributed by atoms with Crippen LogP contribution in [0.4, 0.5) is 5.69 Å². The molecule has 0 saturated heterocycles. The molecule has 0 aromatic heterocycles. The molecule has 0 spiro atoms. The van der Waals surface area contributed by atoms with E-state index >= 15 is 0 Å². The van der Waals surface area contributed by atoms with E-state index < -0.39 is 0 Å². The van der Waals surface area contributed by atoms with Gasteiger partial charge in [-0.1, -0.05) is 42.5 Å². The number of para-hydroxylation sites is 1. The fourth-order valence-corrected chi connectivity index (χ4v) is 2.18. The predicted molar refractivity (Wildman–Crippen MR) is 82.6 cm³/mol. The molecule has 3 N–H and O–H groups in total. The van der Waals surface area contributed by atoms with E-state index in [4.69, 9.17) is 5.73 Å². The number of benzene rings is 2. The Kier molecular flexibility index (Phi) is 4.53. The molecule has 2 aromatic rings. The predicted octanol–water partition coefficient (Wildman–Crippen LogP) is 3.20. The van der Waals surface area contributed by atoms with Crippen LogP contribution in [-0.4, -0.2) is 5.91 Å². The Morgan fingerprint density at radius 2 is 1.80 bits per heavy atom. The van der Waals surface area contributed by atoms with E-state index in [1.54, 1.807) is 0 Å². The highest BCUT2D eigenvalue weighted by Crippen LogP contribution is 2.21. The summed E-state index contributed by atoms with van der Waals surface area (Å²) in [5.41, 5.74) is 9.83. The van der Waals surface area contributed by atoms with Gasteiger partial charge in [0.1, 0.15) is 0 Å². The molecule has 2 rings (SSSR count). The quantitative estimate of drug-likeness (QED) is 0.894. The van der Waals surface area contributed by atoms with Gasteiger partial charge in [0.05, 0.1) is 6.42 Å². The van der Waals surface area contributed by atoms with Gasteiger partial charge in [0.25, 0.3) is 0 Å². The minimum Gasteiger partial charge on any atom is -0.325 e. The Bertz CT molecular complexity index is 605. The maximum absolute atomic E-state index is 12.2. The minimum atomic E-state index is -0.107. The number of hydrogen-bond acceptors (Lipinski definition) is 2. The van der Waals surface area contributed by atoms with Crippen LogP contribution in [-0.2, 0) is 11.2 Å². The fraction of sp³-hybridized carbons (Fsp3) is 0.235. The average Bonchev–Trinajstić information content (AvgIpc) is 2.41. The van der Waals surface area contributed by atoms with Gasteiger partial charge in [0.2, 0.25) is 5.91 Å². The standard InChI is InChI=1S/C17H20N2O/c1-12-7-3-4-8-14(12)11-17(20)19-16-10-6-5-9-15(16)13(2)18/h3-10,13H,11,18H2,1-2H3,(H,19,20). The summed E-state index contributed by atoms with van der Waals surface area (Å²) >= 11 is 0. The van der Waals surface area contributed by atoms with E-state index in [9.17, 15) is 4.79 Å². The van der Waals surface area contributed by atoms with Crippen molar-refractivity contribution < 1.29 is 4.79 Å². The SMILES string of the molecule is Cc1ccccc1CC(=O)Nc1ccccc1C(C)N. The van der Waals surface area contributed by atoms with Gasteiger partial charge in [-0.2, -0.15) is 0 Å². The lowest BCUT2D eigenvalue weighted by atomic mass is 10.0. The van der Waals surface area contributed by atoms with Crippen LogP contribution < -0.4 is 11.1 Å². The third-order valence-electron chi connectivity index (χ3n) is 3.34. The molecule has 3 heteroatoms. The lowest BCUT2D eigenvalue weighted by molar-refractivity contribution is -0.115. The molecule has 0 saturated carbocycles. The molecule has 0 radical (unpaired) electrons. The molecule has 0 fully saturated rings. The zero-order valence-electron chi connectivity index (χ0n) is 11.9. The number of carbonyl (C=O) groups is 1. The Balaban J connectivity index is 2.11. The molecule has 0 heterocycles. The second-order valence-corrected chi connectivity index (χ2v) is 5.03. The average molecular weight is 268 g/mol. The number of nitrogens with two attached hydrogens (primary N) is 1. The lowest BCUT2D eigenvalue weighted by Gasteiger charge is -2.14. The lowest BCUT2D eigenvalue weighted by Crippen LogP contribution is -2.18. The first-order chi connectivity index (χ1) is 9.58. The summed E-state index contributed by atoms with van der Waals surface area (Å²) in [6.07, 6.45) is 0.375. The van der Waals surface area contributed by atoms with Crippen molar-refractivity contribution in [2.24, 2.45) is 5.73 Å². The molecule has 104 valence electrons. The third kappa shape index (κ3) is 3.45. The van der Waals surface area contributed by atoms with Crippen molar-refractivity contribution in [3.63, 3.8) is 0 Å². The molecule has 1 amide bonds. The zero-order chi connectivity index (χ0) is 14.5. The van der Waals surface area contributed by atoms with Crippen LogP contribution in [0.5, 0.6) is 0 Å². The Labute approximate surface area is 119 Å². The Morgan fingerprint density at radius 1 is 1.15 bits per heavy atom. The van der Waals surface area contributed by atoms with E-state index in [0.717, 1.165) is 22.4 Å². The Morgan fingerprint density at radius 3 is 2.50 bits per heavy atom. The number of aryl methyl sites for hydroxylation is 1. The van der Waals surface area contributed by atoms with Crippen LogP contribution in [0.2, 0.25) is 0 Å². The Hall–Kier alpha value is -2.13. The van der Waals surface area contributed by atoms with Gasteiger partial charge < -0.3 is 11.1 Å². The summed E-state index contributed by atoms with van der Waals surface area (Å²) in [5, 5.41) is 2.95. The topological polar surface area (TPSA) is 55.1 Å². The van der Waals surface area contributed by atoms with E-state index in [-0.39, 0.29) is 11.9 Å². The van der Waals surface area contributed by atoms with Crippen molar-refractivity contribution in [3.05, 3.63) is 65.2 Å². The molecular weight excluding hydrogens is 248 g/mol. The normalized spacial score (nSPS) is 11.9. The molecular formula is C17H20N2O. The highest BCUT2D eigenvalue weighted by molar-refractivity contribution is 5.93. The van der Waals surface area contributed by atoms with Crippen molar-refractivity contribution in [2.75, 3.05) is 5.32 Å². The number of nitrogens with one attached hydrogen (secondary N) is 1. The number of hydrogen-bond donors (Lipinski definition) is 2. The number of anilines is 1. The van der Waals surface area contributed by atoms with E-state index in [1.807, 2.05) is 62.4 Å². The summed E-state index contributed by atoms with van der Waals surface area (Å²) in [6, 6.07) is 15.5. The second-order valence-electron chi connectivity index (χ2n) is 5.03. The monoisotopic (exact) mass is 268 g/mol. The van der Waals surface area contributed by atoms with Crippen LogP contribution in [0, 0.1) is 6.92 Å². The number of amides is 1. The van der Waals surface area contributed by atoms with Crippen molar-refractivity contribution >= 4 is 11.6 Å². The first-order valence-corrected chi connectivity index (χ1v) is 6.77. The minimum absolute atomic E-state index is 0.0209. The maximum atomic E-state index is 12.2. The first-order valence-electron chi connectivity index (χ1n) is 6.77. The molecule has 0 bridgehead atoms. The van der Waals surface area contributed by atoms with Crippen molar-refractivity contribution in [1.29, 1.82) is 0 Å². The van der Waals surface area contributed by atoms with Gasteiger partial charge in [0, 0.05) is 11.7 Å². The summed E-state index contributed by atoms with van der Waals surface area (Å²) in [5.74, 6) is -0.0209. The molecule has 0 aliphatic carbocycles. The summed E-state index contributed by atoms with van der Waals surface area (Å²) in [6.45, 7) is 3.92. The maximum Gasteiger partial charge on any atom is 0.228 e. The van der Waals surface area contributed by atoms with Crippen molar-refractivity contribution in [2.45, 2.75) is 26.3 Å². The highest BCUT2D eigenvalue weighted by atomic mass is 16.1. The van der Waals surface area contributed by atoms with Crippen molar-refractivity contribution in [3.8, 4) is 0 Å². The highest BCUT2D eigenvalue weighted by Gasteiger charge is 2.10. The molecule has 3 nitrogen and oxygen atoms in total.